The highest BCUT2D eigenvalue weighted by Crippen LogP contribution is 2.22. The molecule has 1 N–H and O–H groups in total. The van der Waals surface area contributed by atoms with Crippen molar-refractivity contribution in [1.29, 1.82) is 0 Å². The lowest BCUT2D eigenvalue weighted by Gasteiger charge is -2.25. The van der Waals surface area contributed by atoms with Crippen LogP contribution in [0.15, 0.2) is 0 Å². The van der Waals surface area contributed by atoms with Gasteiger partial charge in [-0.05, 0) is 18.4 Å². The van der Waals surface area contributed by atoms with E-state index >= 15 is 0 Å². The van der Waals surface area contributed by atoms with Crippen molar-refractivity contribution in [3.63, 3.8) is 0 Å². The Bertz CT molecular complexity index is 283. The summed E-state index contributed by atoms with van der Waals surface area (Å²) < 4.78 is 4.73. The number of esters is 1. The minimum atomic E-state index is -0.503. The van der Waals surface area contributed by atoms with Gasteiger partial charge in [-0.1, -0.05) is 0 Å². The number of amides is 1. The Morgan fingerprint density at radius 3 is 2.88 bits per heavy atom. The van der Waals surface area contributed by atoms with Gasteiger partial charge in [0.2, 0.25) is 5.91 Å². The van der Waals surface area contributed by atoms with Crippen LogP contribution in [0.25, 0.3) is 0 Å². The van der Waals surface area contributed by atoms with Gasteiger partial charge in [0.1, 0.15) is 6.04 Å². The molecule has 0 spiro atoms. The summed E-state index contributed by atoms with van der Waals surface area (Å²) in [6.45, 7) is 0.433. The lowest BCUT2D eigenvalue weighted by Crippen LogP contribution is -2.43. The Balaban J connectivity index is 2.69. The van der Waals surface area contributed by atoms with E-state index in [1.54, 1.807) is 16.7 Å². The Morgan fingerprint density at radius 1 is 1.71 bits per heavy atom. The summed E-state index contributed by atoms with van der Waals surface area (Å²) in [5.74, 6) is 0.309. The summed E-state index contributed by atoms with van der Waals surface area (Å²) in [5.41, 5.74) is 0. The summed E-state index contributed by atoms with van der Waals surface area (Å²) in [6.07, 6.45) is 2.87. The van der Waals surface area contributed by atoms with Crippen LogP contribution in [0.4, 0.5) is 0 Å². The fraction of sp³-hybridized carbons (Fsp3) is 0.818. The summed E-state index contributed by atoms with van der Waals surface area (Å²) >= 11 is 1.63. The molecule has 0 radical (unpaired) electrons. The monoisotopic (exact) mass is 261 g/mol. The molecule has 0 aromatic heterocycles. The number of hydrogen-bond donors (Lipinski definition) is 1. The molecule has 1 saturated heterocycles. The van der Waals surface area contributed by atoms with E-state index in [9.17, 15) is 9.59 Å². The van der Waals surface area contributed by atoms with Crippen molar-refractivity contribution in [3.05, 3.63) is 0 Å². The van der Waals surface area contributed by atoms with E-state index in [4.69, 9.17) is 9.84 Å². The minimum absolute atomic E-state index is 0.0152. The van der Waals surface area contributed by atoms with Crippen molar-refractivity contribution in [2.45, 2.75) is 18.9 Å². The molecule has 0 aliphatic carbocycles. The topological polar surface area (TPSA) is 66.8 Å². The molecule has 0 aromatic carbocycles. The van der Waals surface area contributed by atoms with Crippen molar-refractivity contribution in [3.8, 4) is 0 Å². The number of nitrogens with zero attached hydrogens (tertiary/aromatic N) is 1. The SMILES string of the molecule is COC(=O)C(CCSC)N1CC(CO)CC1=O. The zero-order valence-electron chi connectivity index (χ0n) is 10.2. The molecule has 98 valence electrons. The molecule has 1 aliphatic rings. The minimum Gasteiger partial charge on any atom is -0.467 e. The zero-order valence-corrected chi connectivity index (χ0v) is 11.0. The summed E-state index contributed by atoms with van der Waals surface area (Å²) in [5, 5.41) is 9.06. The van der Waals surface area contributed by atoms with E-state index in [2.05, 4.69) is 0 Å². The lowest BCUT2D eigenvalue weighted by molar-refractivity contribution is -0.151. The number of carbonyl (C=O) groups is 2. The molecule has 17 heavy (non-hydrogen) atoms. The van der Waals surface area contributed by atoms with Crippen molar-refractivity contribution >= 4 is 23.6 Å². The second kappa shape index (κ2) is 6.86. The molecule has 1 fully saturated rings. The van der Waals surface area contributed by atoms with Crippen molar-refractivity contribution in [2.24, 2.45) is 5.92 Å². The van der Waals surface area contributed by atoms with Gasteiger partial charge in [0, 0.05) is 25.5 Å². The molecule has 0 saturated carbocycles. The van der Waals surface area contributed by atoms with E-state index in [0.717, 1.165) is 5.75 Å². The third kappa shape index (κ3) is 3.61. The number of likely N-dealkylation sites (tertiary alicyclic amines) is 1. The molecule has 1 heterocycles. The Morgan fingerprint density at radius 2 is 2.41 bits per heavy atom. The highest BCUT2D eigenvalue weighted by molar-refractivity contribution is 7.98. The quantitative estimate of drug-likeness (QED) is 0.688. The third-order valence-electron chi connectivity index (χ3n) is 2.94. The van der Waals surface area contributed by atoms with Gasteiger partial charge in [-0.3, -0.25) is 4.79 Å². The van der Waals surface area contributed by atoms with E-state index < -0.39 is 6.04 Å². The standard InChI is InChI=1S/C11H19NO4S/c1-16-11(15)9(3-4-17-2)12-6-8(7-13)5-10(12)14/h8-9,13H,3-7H2,1-2H3. The van der Waals surface area contributed by atoms with Crippen LogP contribution in [-0.4, -0.2) is 60.2 Å². The number of aliphatic hydroxyl groups excluding tert-OH is 1. The van der Waals surface area contributed by atoms with Crippen LogP contribution in [0.1, 0.15) is 12.8 Å². The number of ether oxygens (including phenoxy) is 1. The normalized spacial score (nSPS) is 21.7. The molecule has 1 amide bonds. The second-order valence-electron chi connectivity index (χ2n) is 4.12. The van der Waals surface area contributed by atoms with Gasteiger partial charge in [0.05, 0.1) is 7.11 Å². The highest BCUT2D eigenvalue weighted by Gasteiger charge is 2.37. The lowest BCUT2D eigenvalue weighted by atomic mass is 10.1. The Kier molecular flexibility index (Phi) is 5.77. The van der Waals surface area contributed by atoms with Crippen molar-refractivity contribution in [2.75, 3.05) is 32.3 Å². The van der Waals surface area contributed by atoms with Gasteiger partial charge in [0.25, 0.3) is 0 Å². The molecular weight excluding hydrogens is 242 g/mol. The Labute approximate surface area is 105 Å². The molecule has 2 atom stereocenters. The van der Waals surface area contributed by atoms with E-state index in [1.165, 1.54) is 7.11 Å². The molecule has 1 aliphatic heterocycles. The predicted molar refractivity (Wildman–Crippen MR) is 65.7 cm³/mol. The summed E-state index contributed by atoms with van der Waals surface area (Å²) in [4.78, 5) is 25.0. The number of methoxy groups -OCH3 is 1. The fourth-order valence-corrected chi connectivity index (χ4v) is 2.46. The number of rotatable bonds is 6. The summed E-state index contributed by atoms with van der Waals surface area (Å²) in [7, 11) is 1.33. The van der Waals surface area contributed by atoms with E-state index in [0.29, 0.717) is 19.4 Å². The van der Waals surface area contributed by atoms with Crippen LogP contribution in [0.3, 0.4) is 0 Å². The Hall–Kier alpha value is -0.750. The fourth-order valence-electron chi connectivity index (χ4n) is 2.00. The van der Waals surface area contributed by atoms with Crippen molar-refractivity contribution in [1.82, 2.24) is 4.90 Å². The van der Waals surface area contributed by atoms with Gasteiger partial charge in [-0.2, -0.15) is 11.8 Å². The number of carbonyl (C=O) groups excluding carboxylic acids is 2. The van der Waals surface area contributed by atoms with Gasteiger partial charge >= 0.3 is 5.97 Å². The number of aliphatic hydroxyl groups is 1. The smallest absolute Gasteiger partial charge is 0.328 e. The van der Waals surface area contributed by atoms with Crippen LogP contribution >= 0.6 is 11.8 Å². The highest BCUT2D eigenvalue weighted by atomic mass is 32.2. The average molecular weight is 261 g/mol. The summed E-state index contributed by atoms with van der Waals surface area (Å²) in [6, 6.07) is -0.503. The van der Waals surface area contributed by atoms with Gasteiger partial charge in [-0.25, -0.2) is 4.79 Å². The maximum atomic E-state index is 11.8. The first-order valence-corrected chi connectivity index (χ1v) is 7.00. The molecule has 2 unspecified atom stereocenters. The predicted octanol–water partition coefficient (Wildman–Crippen LogP) is 0.122. The maximum absolute atomic E-state index is 11.8. The van der Waals surface area contributed by atoms with E-state index in [-0.39, 0.29) is 24.4 Å². The van der Waals surface area contributed by atoms with Crippen LogP contribution in [0.5, 0.6) is 0 Å². The van der Waals surface area contributed by atoms with Gasteiger partial charge in [0.15, 0.2) is 0 Å². The van der Waals surface area contributed by atoms with Gasteiger partial charge < -0.3 is 14.7 Å². The van der Waals surface area contributed by atoms with Crippen LogP contribution < -0.4 is 0 Å². The first kappa shape index (κ1) is 14.3. The van der Waals surface area contributed by atoms with Crippen LogP contribution in [0, 0.1) is 5.92 Å². The number of hydrogen-bond acceptors (Lipinski definition) is 5. The molecular formula is C11H19NO4S. The second-order valence-corrected chi connectivity index (χ2v) is 5.10. The zero-order chi connectivity index (χ0) is 12.8. The molecule has 1 rings (SSSR count). The molecule has 0 bridgehead atoms. The largest absolute Gasteiger partial charge is 0.467 e. The van der Waals surface area contributed by atoms with Crippen molar-refractivity contribution < 1.29 is 19.4 Å². The van der Waals surface area contributed by atoms with E-state index in [1.807, 2.05) is 6.26 Å². The third-order valence-corrected chi connectivity index (χ3v) is 3.59. The molecule has 0 aromatic rings. The average Bonchev–Trinajstić information content (AvgIpc) is 2.71. The van der Waals surface area contributed by atoms with Crippen LogP contribution in [0.2, 0.25) is 0 Å². The van der Waals surface area contributed by atoms with Crippen LogP contribution in [-0.2, 0) is 14.3 Å². The molecule has 6 heteroatoms. The van der Waals surface area contributed by atoms with Gasteiger partial charge in [-0.15, -0.1) is 0 Å². The maximum Gasteiger partial charge on any atom is 0.328 e. The first-order chi connectivity index (χ1) is 8.13. The number of thioether (sulfide) groups is 1. The first-order valence-electron chi connectivity index (χ1n) is 5.61. The molecule has 5 nitrogen and oxygen atoms in total.